The molecule has 2 aromatic carbocycles. The van der Waals surface area contributed by atoms with Crippen molar-refractivity contribution in [2.45, 2.75) is 6.92 Å². The second-order valence-corrected chi connectivity index (χ2v) is 7.66. The molecule has 4 nitrogen and oxygen atoms in total. The minimum absolute atomic E-state index is 0.0361. The number of carbonyl (C=O) groups excluding carboxylic acids is 2. The van der Waals surface area contributed by atoms with Gasteiger partial charge in [0.2, 0.25) is 0 Å². The lowest BCUT2D eigenvalue weighted by molar-refractivity contribution is -0.122. The van der Waals surface area contributed by atoms with Crippen LogP contribution in [0.15, 0.2) is 57.0 Å². The number of halogens is 2. The number of rotatable bonds is 2. The van der Waals surface area contributed by atoms with Crippen molar-refractivity contribution >= 4 is 72.8 Å². The molecule has 0 atom stereocenters. The molecule has 1 saturated heterocycles. The fourth-order valence-corrected chi connectivity index (χ4v) is 3.68. The molecule has 0 unspecified atom stereocenters. The third kappa shape index (κ3) is 3.73. The Labute approximate surface area is 167 Å². The Hall–Kier alpha value is -1.83. The van der Waals surface area contributed by atoms with Crippen LogP contribution in [0.3, 0.4) is 0 Å². The molecule has 1 fully saturated rings. The molecule has 0 aromatic heterocycles. The van der Waals surface area contributed by atoms with E-state index in [0.717, 1.165) is 20.1 Å². The molecule has 0 bridgehead atoms. The summed E-state index contributed by atoms with van der Waals surface area (Å²) in [6, 6.07) is 12.9. The predicted octanol–water partition coefficient (Wildman–Crippen LogP) is 4.35. The zero-order valence-electron chi connectivity index (χ0n) is 13.0. The summed E-state index contributed by atoms with van der Waals surface area (Å²) in [6.07, 6.45) is 1.56. The molecule has 2 aromatic rings. The molecule has 126 valence electrons. The van der Waals surface area contributed by atoms with Gasteiger partial charge in [-0.15, -0.1) is 0 Å². The molecule has 1 N–H and O–H groups in total. The number of nitrogens with one attached hydrogen (secondary N) is 1. The van der Waals surface area contributed by atoms with Crippen LogP contribution in [-0.4, -0.2) is 16.9 Å². The minimum atomic E-state index is -0.499. The second-order valence-electron chi connectivity index (χ2n) is 5.44. The normalized spacial score (nSPS) is 16.4. The zero-order chi connectivity index (χ0) is 18.1. The summed E-state index contributed by atoms with van der Waals surface area (Å²) in [5.41, 5.74) is 2.28. The Kier molecular flexibility index (Phi) is 5.17. The summed E-state index contributed by atoms with van der Waals surface area (Å²) in [4.78, 5) is 26.6. The van der Waals surface area contributed by atoms with E-state index in [1.165, 1.54) is 4.90 Å². The Morgan fingerprint density at radius 1 is 1.08 bits per heavy atom. The van der Waals surface area contributed by atoms with Gasteiger partial charge >= 0.3 is 0 Å². The van der Waals surface area contributed by atoms with Gasteiger partial charge in [0.05, 0.1) is 5.69 Å². The molecule has 1 aliphatic heterocycles. The molecule has 0 aliphatic carbocycles. The van der Waals surface area contributed by atoms with Crippen LogP contribution in [0.1, 0.15) is 11.1 Å². The fourth-order valence-electron chi connectivity index (χ4n) is 2.51. The lowest BCUT2D eigenvalue weighted by atomic mass is 10.1. The Morgan fingerprint density at radius 3 is 2.48 bits per heavy atom. The van der Waals surface area contributed by atoms with Crippen molar-refractivity contribution in [1.29, 1.82) is 0 Å². The number of anilines is 1. The SMILES string of the molecule is Cc1cc(Br)ccc1N1C(=O)/C(=C/c2cccc(Br)c2)C(=O)NC1=S. The van der Waals surface area contributed by atoms with Gasteiger partial charge in [0.25, 0.3) is 11.8 Å². The van der Waals surface area contributed by atoms with Gasteiger partial charge in [-0.25, -0.2) is 0 Å². The molecule has 0 spiro atoms. The molecular weight excluding hydrogens is 468 g/mol. The summed E-state index contributed by atoms with van der Waals surface area (Å²) >= 11 is 12.0. The third-order valence-corrected chi connectivity index (χ3v) is 4.93. The van der Waals surface area contributed by atoms with Crippen molar-refractivity contribution in [1.82, 2.24) is 5.32 Å². The van der Waals surface area contributed by atoms with Crippen molar-refractivity contribution < 1.29 is 9.59 Å². The van der Waals surface area contributed by atoms with Crippen LogP contribution in [0.25, 0.3) is 6.08 Å². The number of thiocarbonyl (C=S) groups is 1. The van der Waals surface area contributed by atoms with E-state index >= 15 is 0 Å². The van der Waals surface area contributed by atoms with E-state index in [1.807, 2.05) is 43.3 Å². The van der Waals surface area contributed by atoms with Crippen LogP contribution in [0, 0.1) is 6.92 Å². The van der Waals surface area contributed by atoms with Gasteiger partial charge in [-0.2, -0.15) is 0 Å². The Bertz CT molecular complexity index is 940. The molecule has 2 amide bonds. The first-order valence-corrected chi connectivity index (χ1v) is 9.29. The largest absolute Gasteiger partial charge is 0.298 e. The lowest BCUT2D eigenvalue weighted by Crippen LogP contribution is -2.54. The van der Waals surface area contributed by atoms with Crippen LogP contribution in [0.2, 0.25) is 0 Å². The number of hydrogen-bond acceptors (Lipinski definition) is 3. The molecule has 1 aliphatic rings. The molecule has 0 saturated carbocycles. The quantitative estimate of drug-likeness (QED) is 0.395. The highest BCUT2D eigenvalue weighted by Gasteiger charge is 2.35. The van der Waals surface area contributed by atoms with Crippen molar-refractivity contribution in [3.63, 3.8) is 0 Å². The highest BCUT2D eigenvalue weighted by Crippen LogP contribution is 2.27. The van der Waals surface area contributed by atoms with Gasteiger partial charge in [0, 0.05) is 8.95 Å². The first-order chi connectivity index (χ1) is 11.9. The third-order valence-electron chi connectivity index (χ3n) is 3.66. The summed E-state index contributed by atoms with van der Waals surface area (Å²) in [6.45, 7) is 1.88. The topological polar surface area (TPSA) is 49.4 Å². The van der Waals surface area contributed by atoms with Crippen molar-refractivity contribution in [2.75, 3.05) is 4.90 Å². The maximum absolute atomic E-state index is 13.0. The monoisotopic (exact) mass is 478 g/mol. The second kappa shape index (κ2) is 7.19. The number of amides is 2. The number of nitrogens with zero attached hydrogens (tertiary/aromatic N) is 1. The van der Waals surface area contributed by atoms with Crippen molar-refractivity contribution in [3.8, 4) is 0 Å². The smallest absolute Gasteiger partial charge is 0.270 e. The standard InChI is InChI=1S/C18H12Br2N2O2S/c1-10-7-13(20)5-6-15(10)22-17(24)14(16(23)21-18(22)25)9-11-3-2-4-12(19)8-11/h2-9H,1H3,(H,21,23,25)/b14-9+. The molecule has 7 heteroatoms. The summed E-state index contributed by atoms with van der Waals surface area (Å²) in [7, 11) is 0. The van der Waals surface area contributed by atoms with Crippen LogP contribution >= 0.6 is 44.1 Å². The molecule has 25 heavy (non-hydrogen) atoms. The fraction of sp³-hybridized carbons (Fsp3) is 0.0556. The van der Waals surface area contributed by atoms with Crippen LogP contribution < -0.4 is 10.2 Å². The summed E-state index contributed by atoms with van der Waals surface area (Å²) in [5.74, 6) is -0.944. The van der Waals surface area contributed by atoms with Crippen LogP contribution in [-0.2, 0) is 9.59 Å². The highest BCUT2D eigenvalue weighted by molar-refractivity contribution is 9.10. The van der Waals surface area contributed by atoms with Crippen LogP contribution in [0.5, 0.6) is 0 Å². The molecule has 3 rings (SSSR count). The van der Waals surface area contributed by atoms with Gasteiger partial charge in [-0.1, -0.05) is 44.0 Å². The average Bonchev–Trinajstić information content (AvgIpc) is 2.53. The number of carbonyl (C=O) groups is 2. The maximum Gasteiger partial charge on any atom is 0.270 e. The van der Waals surface area contributed by atoms with E-state index in [-0.39, 0.29) is 10.7 Å². The van der Waals surface area contributed by atoms with Crippen molar-refractivity contribution in [3.05, 3.63) is 68.1 Å². The molecular formula is C18H12Br2N2O2S. The van der Waals surface area contributed by atoms with E-state index in [2.05, 4.69) is 37.2 Å². The maximum atomic E-state index is 13.0. The van der Waals surface area contributed by atoms with E-state index < -0.39 is 11.8 Å². The number of aryl methyl sites for hydroxylation is 1. The van der Waals surface area contributed by atoms with Gasteiger partial charge in [-0.05, 0) is 66.7 Å². The zero-order valence-corrected chi connectivity index (χ0v) is 17.0. The summed E-state index contributed by atoms with van der Waals surface area (Å²) in [5, 5.41) is 2.67. The Morgan fingerprint density at radius 2 is 1.80 bits per heavy atom. The first kappa shape index (κ1) is 18.0. The molecule has 0 radical (unpaired) electrons. The predicted molar refractivity (Wildman–Crippen MR) is 109 cm³/mol. The first-order valence-electron chi connectivity index (χ1n) is 7.30. The van der Waals surface area contributed by atoms with Gasteiger partial charge in [0.15, 0.2) is 5.11 Å². The van der Waals surface area contributed by atoms with Gasteiger partial charge < -0.3 is 0 Å². The van der Waals surface area contributed by atoms with E-state index in [4.69, 9.17) is 12.2 Å². The molecule has 1 heterocycles. The number of benzene rings is 2. The van der Waals surface area contributed by atoms with Gasteiger partial charge in [0.1, 0.15) is 5.57 Å². The Balaban J connectivity index is 2.05. The highest BCUT2D eigenvalue weighted by atomic mass is 79.9. The lowest BCUT2D eigenvalue weighted by Gasteiger charge is -2.30. The minimum Gasteiger partial charge on any atom is -0.298 e. The van der Waals surface area contributed by atoms with Crippen LogP contribution in [0.4, 0.5) is 5.69 Å². The van der Waals surface area contributed by atoms with E-state index in [9.17, 15) is 9.59 Å². The van der Waals surface area contributed by atoms with E-state index in [0.29, 0.717) is 5.69 Å². The average molecular weight is 480 g/mol. The van der Waals surface area contributed by atoms with E-state index in [1.54, 1.807) is 12.1 Å². The number of hydrogen-bond donors (Lipinski definition) is 1. The van der Waals surface area contributed by atoms with Gasteiger partial charge in [-0.3, -0.25) is 19.8 Å². The summed E-state index contributed by atoms with van der Waals surface area (Å²) < 4.78 is 1.76. The van der Waals surface area contributed by atoms with Crippen molar-refractivity contribution in [2.24, 2.45) is 0 Å².